The van der Waals surface area contributed by atoms with Crippen molar-refractivity contribution in [2.45, 2.75) is 114 Å². The van der Waals surface area contributed by atoms with Crippen molar-refractivity contribution in [2.75, 3.05) is 13.1 Å². The van der Waals surface area contributed by atoms with E-state index in [9.17, 15) is 0 Å². The van der Waals surface area contributed by atoms with Crippen molar-refractivity contribution >= 4 is 0 Å². The number of piperidine rings is 2. The quantitative estimate of drug-likeness (QED) is 0.480. The zero-order chi connectivity index (χ0) is 24.8. The van der Waals surface area contributed by atoms with Crippen molar-refractivity contribution in [3.05, 3.63) is 57.6 Å². The third kappa shape index (κ3) is 3.26. The Morgan fingerprint density at radius 3 is 1.62 bits per heavy atom. The van der Waals surface area contributed by atoms with Crippen molar-refractivity contribution < 1.29 is 4.74 Å². The van der Waals surface area contributed by atoms with Crippen molar-refractivity contribution in [3.63, 3.8) is 0 Å². The smallest absolute Gasteiger partial charge is 0.131 e. The predicted molar refractivity (Wildman–Crippen MR) is 150 cm³/mol. The van der Waals surface area contributed by atoms with Crippen LogP contribution in [0.2, 0.25) is 0 Å². The number of fused-ring (bicyclic) bond motifs is 2. The summed E-state index contributed by atoms with van der Waals surface area (Å²) in [4.78, 5) is 0. The molecular weight excluding hydrogens is 452 g/mol. The Bertz CT molecular complexity index is 1150. The van der Waals surface area contributed by atoms with E-state index >= 15 is 0 Å². The first kappa shape index (κ1) is 23.1. The molecule has 37 heavy (non-hydrogen) atoms. The Morgan fingerprint density at radius 2 is 1.14 bits per heavy atom. The number of hydrogen-bond acceptors (Lipinski definition) is 3. The largest absolute Gasteiger partial charge is 0.457 e. The molecule has 2 aromatic carbocycles. The van der Waals surface area contributed by atoms with Gasteiger partial charge in [-0.15, -0.1) is 0 Å². The SMILES string of the molecule is Cc1cc(Oc2cc(C)cc3c2C[C@H]2NCC[C@@]34CCCC[C@@H]24)c2c(c1)[C@@]13CCCC[C@H]1[C@@H](C2)NCC3. The minimum absolute atomic E-state index is 0.368. The van der Waals surface area contributed by atoms with Crippen LogP contribution in [0.25, 0.3) is 0 Å². The van der Waals surface area contributed by atoms with Gasteiger partial charge in [-0.1, -0.05) is 37.8 Å². The molecule has 8 rings (SSSR count). The van der Waals surface area contributed by atoms with Gasteiger partial charge in [0, 0.05) is 34.0 Å². The van der Waals surface area contributed by atoms with E-state index in [4.69, 9.17) is 4.74 Å². The maximum Gasteiger partial charge on any atom is 0.131 e. The van der Waals surface area contributed by atoms with Crippen LogP contribution < -0.4 is 15.4 Å². The summed E-state index contributed by atoms with van der Waals surface area (Å²) in [5.41, 5.74) is 9.80. The first-order valence-electron chi connectivity index (χ1n) is 15.5. The molecule has 196 valence electrons. The van der Waals surface area contributed by atoms with Gasteiger partial charge in [0.2, 0.25) is 0 Å². The van der Waals surface area contributed by atoms with Crippen LogP contribution in [-0.4, -0.2) is 25.2 Å². The normalized spacial score (nSPS) is 37.6. The third-order valence-corrected chi connectivity index (χ3v) is 12.0. The maximum absolute atomic E-state index is 7.16. The molecule has 4 aliphatic carbocycles. The summed E-state index contributed by atoms with van der Waals surface area (Å²) in [5, 5.41) is 7.89. The third-order valence-electron chi connectivity index (χ3n) is 12.0. The van der Waals surface area contributed by atoms with Crippen molar-refractivity contribution in [3.8, 4) is 11.5 Å². The summed E-state index contributed by atoms with van der Waals surface area (Å²) in [7, 11) is 0. The highest BCUT2D eigenvalue weighted by Crippen LogP contribution is 2.58. The second-order valence-electron chi connectivity index (χ2n) is 13.7. The zero-order valence-corrected chi connectivity index (χ0v) is 22.9. The summed E-state index contributed by atoms with van der Waals surface area (Å²) in [6, 6.07) is 11.0. The summed E-state index contributed by atoms with van der Waals surface area (Å²) in [6.45, 7) is 6.93. The highest BCUT2D eigenvalue weighted by atomic mass is 16.5. The van der Waals surface area contributed by atoms with Gasteiger partial charge in [0.1, 0.15) is 11.5 Å². The van der Waals surface area contributed by atoms with Crippen LogP contribution in [0.4, 0.5) is 0 Å². The molecule has 3 nitrogen and oxygen atoms in total. The van der Waals surface area contributed by atoms with Gasteiger partial charge in [0.25, 0.3) is 0 Å². The average molecular weight is 497 g/mol. The van der Waals surface area contributed by atoms with E-state index in [0.717, 1.165) is 36.2 Å². The number of nitrogens with one attached hydrogen (secondary N) is 2. The molecule has 2 aromatic rings. The lowest BCUT2D eigenvalue weighted by molar-refractivity contribution is 0.0779. The number of benzene rings is 2. The topological polar surface area (TPSA) is 33.3 Å². The molecule has 0 spiro atoms. The fourth-order valence-corrected chi connectivity index (χ4v) is 10.6. The van der Waals surface area contributed by atoms with Gasteiger partial charge in [-0.3, -0.25) is 0 Å². The molecular formula is C34H44N2O. The highest BCUT2D eigenvalue weighted by molar-refractivity contribution is 5.56. The van der Waals surface area contributed by atoms with Gasteiger partial charge in [-0.25, -0.2) is 0 Å². The Balaban J connectivity index is 1.25. The Morgan fingerprint density at radius 1 is 0.649 bits per heavy atom. The van der Waals surface area contributed by atoms with Crippen molar-refractivity contribution in [1.82, 2.24) is 10.6 Å². The lowest BCUT2D eigenvalue weighted by atomic mass is 9.52. The summed E-state index contributed by atoms with van der Waals surface area (Å²) in [6.07, 6.45) is 15.9. The molecule has 0 radical (unpaired) electrons. The molecule has 2 N–H and O–H groups in total. The monoisotopic (exact) mass is 496 g/mol. The highest BCUT2D eigenvalue weighted by Gasteiger charge is 2.53. The molecule has 6 atom stereocenters. The summed E-state index contributed by atoms with van der Waals surface area (Å²) < 4.78 is 7.16. The first-order chi connectivity index (χ1) is 18.1. The number of ether oxygens (including phenoxy) is 1. The van der Waals surface area contributed by atoms with E-state index in [0.29, 0.717) is 22.9 Å². The van der Waals surface area contributed by atoms with Gasteiger partial charge >= 0.3 is 0 Å². The van der Waals surface area contributed by atoms with Crippen LogP contribution >= 0.6 is 0 Å². The van der Waals surface area contributed by atoms with E-state index in [1.54, 1.807) is 11.1 Å². The molecule has 0 unspecified atom stereocenters. The van der Waals surface area contributed by atoms with Crippen LogP contribution in [0.3, 0.4) is 0 Å². The molecule has 0 aromatic heterocycles. The zero-order valence-electron chi connectivity index (χ0n) is 22.9. The van der Waals surface area contributed by atoms with E-state index in [1.807, 2.05) is 0 Å². The van der Waals surface area contributed by atoms with Gasteiger partial charge in [-0.2, -0.15) is 0 Å². The minimum Gasteiger partial charge on any atom is -0.457 e. The summed E-state index contributed by atoms with van der Waals surface area (Å²) >= 11 is 0. The predicted octanol–water partition coefficient (Wildman–Crippen LogP) is 6.79. The molecule has 6 aliphatic rings. The molecule has 2 aliphatic heterocycles. The number of aryl methyl sites for hydroxylation is 2. The molecule has 2 heterocycles. The van der Waals surface area contributed by atoms with Crippen LogP contribution in [0.5, 0.6) is 11.5 Å². The lowest BCUT2D eigenvalue weighted by Gasteiger charge is -2.56. The lowest BCUT2D eigenvalue weighted by Crippen LogP contribution is -2.59. The van der Waals surface area contributed by atoms with Gasteiger partial charge in [0.05, 0.1) is 0 Å². The van der Waals surface area contributed by atoms with E-state index in [-0.39, 0.29) is 0 Å². The van der Waals surface area contributed by atoms with E-state index in [1.165, 1.54) is 99.6 Å². The fourth-order valence-electron chi connectivity index (χ4n) is 10.6. The average Bonchev–Trinajstić information content (AvgIpc) is 2.90. The molecule has 2 saturated heterocycles. The van der Waals surface area contributed by atoms with Gasteiger partial charge in [-0.05, 0) is 125 Å². The van der Waals surface area contributed by atoms with Gasteiger partial charge in [0.15, 0.2) is 0 Å². The van der Waals surface area contributed by atoms with Crippen LogP contribution in [-0.2, 0) is 23.7 Å². The maximum atomic E-state index is 7.16. The molecule has 3 heteroatoms. The van der Waals surface area contributed by atoms with Crippen LogP contribution in [0.15, 0.2) is 24.3 Å². The molecule has 4 bridgehead atoms. The van der Waals surface area contributed by atoms with E-state index in [2.05, 4.69) is 48.7 Å². The number of rotatable bonds is 2. The summed E-state index contributed by atoms with van der Waals surface area (Å²) in [5.74, 6) is 3.91. The second kappa shape index (κ2) is 8.33. The molecule has 2 saturated carbocycles. The molecule has 4 fully saturated rings. The minimum atomic E-state index is 0.368. The van der Waals surface area contributed by atoms with Crippen molar-refractivity contribution in [2.24, 2.45) is 11.8 Å². The Hall–Kier alpha value is -1.84. The Labute approximate surface area is 223 Å². The number of hydrogen-bond donors (Lipinski definition) is 2. The molecule has 0 amide bonds. The Kier molecular flexibility index (Phi) is 5.20. The van der Waals surface area contributed by atoms with Crippen LogP contribution in [0, 0.1) is 25.7 Å². The van der Waals surface area contributed by atoms with Gasteiger partial charge < -0.3 is 15.4 Å². The van der Waals surface area contributed by atoms with Crippen molar-refractivity contribution in [1.29, 1.82) is 0 Å². The van der Waals surface area contributed by atoms with E-state index < -0.39 is 0 Å². The fraction of sp³-hybridized carbons (Fsp3) is 0.647. The standard InChI is InChI=1S/C34H44N2O/c1-21-15-27-23(19-29-25-7-3-5-9-33(25,27)11-13-35-29)31(17-21)37-32-18-22(2)16-28-24(32)20-30-26-8-4-6-10-34(26,28)12-14-36-30/h15-18,25-26,29-30,35-36H,3-14,19-20H2,1-2H3/t25-,26-,29+,30+,33+,34+/m0/s1. The van der Waals surface area contributed by atoms with Crippen LogP contribution in [0.1, 0.15) is 97.6 Å². The second-order valence-corrected chi connectivity index (χ2v) is 13.7. The first-order valence-corrected chi connectivity index (χ1v) is 15.5.